The average Bonchev–Trinajstić information content (AvgIpc) is 3.37. The van der Waals surface area contributed by atoms with Crippen molar-refractivity contribution < 1.29 is 18.7 Å². The molecule has 2 aromatic carbocycles. The number of carbonyl (C=O) groups is 1. The summed E-state index contributed by atoms with van der Waals surface area (Å²) in [5.74, 6) is 1.26. The van der Waals surface area contributed by atoms with E-state index in [-0.39, 0.29) is 12.3 Å². The van der Waals surface area contributed by atoms with Gasteiger partial charge in [0.05, 0.1) is 18.0 Å². The van der Waals surface area contributed by atoms with Gasteiger partial charge in [0.1, 0.15) is 23.8 Å². The van der Waals surface area contributed by atoms with Crippen LogP contribution < -0.4 is 4.74 Å². The molecule has 4 aromatic rings. The molecule has 8 heteroatoms. The Morgan fingerprint density at radius 3 is 2.48 bits per heavy atom. The third-order valence-electron chi connectivity index (χ3n) is 5.47. The molecule has 0 fully saturated rings. The highest BCUT2D eigenvalue weighted by molar-refractivity contribution is 5.88. The highest BCUT2D eigenvalue weighted by Crippen LogP contribution is 2.25. The zero-order valence-electron chi connectivity index (χ0n) is 19.4. The van der Waals surface area contributed by atoms with Crippen molar-refractivity contribution in [2.75, 3.05) is 6.61 Å². The number of rotatable bonds is 7. The summed E-state index contributed by atoms with van der Waals surface area (Å²) in [7, 11) is 0. The van der Waals surface area contributed by atoms with Crippen LogP contribution in [0, 0.1) is 27.7 Å². The third kappa shape index (κ3) is 4.64. The smallest absolute Gasteiger partial charge is 0.361 e. The summed E-state index contributed by atoms with van der Waals surface area (Å²) in [6, 6.07) is 13.4. The number of aryl methyl sites for hydroxylation is 3. The fourth-order valence-corrected chi connectivity index (χ4v) is 3.37. The molecule has 0 aliphatic rings. The van der Waals surface area contributed by atoms with Crippen molar-refractivity contribution in [3.63, 3.8) is 0 Å². The van der Waals surface area contributed by atoms with Crippen molar-refractivity contribution >= 4 is 5.97 Å². The van der Waals surface area contributed by atoms with E-state index in [0.717, 1.165) is 22.6 Å². The number of hydrogen-bond acceptors (Lipinski definition) is 7. The van der Waals surface area contributed by atoms with Crippen molar-refractivity contribution in [3.05, 3.63) is 76.4 Å². The number of aromatic nitrogens is 4. The molecule has 0 N–H and O–H groups in total. The average molecular weight is 447 g/mol. The van der Waals surface area contributed by atoms with Crippen LogP contribution in [0.25, 0.3) is 17.1 Å². The third-order valence-corrected chi connectivity index (χ3v) is 5.47. The molecular formula is C25H26N4O4. The van der Waals surface area contributed by atoms with E-state index in [4.69, 9.17) is 13.9 Å². The number of hydrogen-bond donors (Lipinski definition) is 0. The van der Waals surface area contributed by atoms with Gasteiger partial charge in [-0.3, -0.25) is 0 Å². The molecule has 0 radical (unpaired) electrons. The highest BCUT2D eigenvalue weighted by atomic mass is 16.5. The quantitative estimate of drug-likeness (QED) is 0.372. The second kappa shape index (κ2) is 9.28. The lowest BCUT2D eigenvalue weighted by Crippen LogP contribution is -2.09. The predicted octanol–water partition coefficient (Wildman–Crippen LogP) is 4.91. The Kier molecular flexibility index (Phi) is 6.26. The molecule has 0 unspecified atom stereocenters. The maximum absolute atomic E-state index is 12.7. The van der Waals surface area contributed by atoms with E-state index in [1.165, 1.54) is 5.56 Å². The summed E-state index contributed by atoms with van der Waals surface area (Å²) in [5.41, 5.74) is 5.30. The molecule has 8 nitrogen and oxygen atoms in total. The Balaban J connectivity index is 1.46. The van der Waals surface area contributed by atoms with Gasteiger partial charge < -0.3 is 13.9 Å². The van der Waals surface area contributed by atoms with Gasteiger partial charge in [-0.05, 0) is 82.1 Å². The number of esters is 1. The molecule has 0 bridgehead atoms. The number of ether oxygens (including phenoxy) is 2. The lowest BCUT2D eigenvalue weighted by Gasteiger charge is -2.07. The van der Waals surface area contributed by atoms with E-state index < -0.39 is 5.97 Å². The molecular weight excluding hydrogens is 420 g/mol. The molecule has 0 saturated carbocycles. The standard InChI is InChI=1S/C25H26N4O4/c1-6-31-21-11-8-19(9-12-21)24-26-22(18(5)33-24)14-32-25(30)23-17(4)29(28-27-23)20-10-7-15(2)16(3)13-20/h7-13H,6,14H2,1-5H3. The van der Waals surface area contributed by atoms with Crippen molar-refractivity contribution in [2.24, 2.45) is 0 Å². The van der Waals surface area contributed by atoms with Crippen LogP contribution in [-0.2, 0) is 11.3 Å². The number of nitrogens with zero attached hydrogens (tertiary/aromatic N) is 4. The second-order valence-corrected chi connectivity index (χ2v) is 7.76. The van der Waals surface area contributed by atoms with E-state index in [0.29, 0.717) is 29.6 Å². The van der Waals surface area contributed by atoms with E-state index in [1.54, 1.807) is 18.5 Å². The van der Waals surface area contributed by atoms with Crippen LogP contribution in [-0.4, -0.2) is 32.6 Å². The fraction of sp³-hybridized carbons (Fsp3) is 0.280. The number of carbonyl (C=O) groups excluding carboxylic acids is 1. The van der Waals surface area contributed by atoms with Gasteiger partial charge >= 0.3 is 5.97 Å². The predicted molar refractivity (Wildman–Crippen MR) is 123 cm³/mol. The van der Waals surface area contributed by atoms with E-state index in [9.17, 15) is 4.79 Å². The van der Waals surface area contributed by atoms with Gasteiger partial charge in [0, 0.05) is 5.56 Å². The topological polar surface area (TPSA) is 92.3 Å². The van der Waals surface area contributed by atoms with Gasteiger partial charge in [0.2, 0.25) is 5.89 Å². The van der Waals surface area contributed by atoms with Gasteiger partial charge in [-0.2, -0.15) is 0 Å². The highest BCUT2D eigenvalue weighted by Gasteiger charge is 2.21. The molecule has 0 atom stereocenters. The van der Waals surface area contributed by atoms with Gasteiger partial charge in [0.25, 0.3) is 0 Å². The minimum atomic E-state index is -0.562. The monoisotopic (exact) mass is 446 g/mol. The van der Waals surface area contributed by atoms with Crippen LogP contribution in [0.1, 0.15) is 45.7 Å². The second-order valence-electron chi connectivity index (χ2n) is 7.76. The zero-order valence-corrected chi connectivity index (χ0v) is 19.4. The lowest BCUT2D eigenvalue weighted by molar-refractivity contribution is 0.0459. The largest absolute Gasteiger partial charge is 0.494 e. The Morgan fingerprint density at radius 2 is 1.79 bits per heavy atom. The Morgan fingerprint density at radius 1 is 1.03 bits per heavy atom. The Labute approximate surface area is 192 Å². The first-order valence-electron chi connectivity index (χ1n) is 10.7. The normalized spacial score (nSPS) is 10.9. The Bertz CT molecular complexity index is 1290. The molecule has 0 aliphatic carbocycles. The van der Waals surface area contributed by atoms with Crippen LogP contribution in [0.3, 0.4) is 0 Å². The van der Waals surface area contributed by atoms with Gasteiger partial charge in [-0.15, -0.1) is 5.10 Å². The zero-order chi connectivity index (χ0) is 23.5. The van der Waals surface area contributed by atoms with Crippen LogP contribution >= 0.6 is 0 Å². The lowest BCUT2D eigenvalue weighted by atomic mass is 10.1. The molecule has 0 amide bonds. The van der Waals surface area contributed by atoms with Crippen molar-refractivity contribution in [1.29, 1.82) is 0 Å². The number of oxazole rings is 1. The molecule has 2 heterocycles. The van der Waals surface area contributed by atoms with Gasteiger partial charge in [-0.1, -0.05) is 11.3 Å². The van der Waals surface area contributed by atoms with E-state index in [1.807, 2.05) is 63.2 Å². The molecule has 2 aromatic heterocycles. The van der Waals surface area contributed by atoms with Crippen LogP contribution in [0.4, 0.5) is 0 Å². The molecule has 0 aliphatic heterocycles. The van der Waals surface area contributed by atoms with Crippen LogP contribution in [0.15, 0.2) is 46.9 Å². The molecule has 4 rings (SSSR count). The first kappa shape index (κ1) is 22.3. The summed E-state index contributed by atoms with van der Waals surface area (Å²) >= 11 is 0. The fourth-order valence-electron chi connectivity index (χ4n) is 3.37. The Hall–Kier alpha value is -3.94. The van der Waals surface area contributed by atoms with Crippen molar-refractivity contribution in [3.8, 4) is 22.9 Å². The SMILES string of the molecule is CCOc1ccc(-c2nc(COC(=O)c3nnn(-c4ccc(C)c(C)c4)c3C)c(C)o2)cc1. The maximum atomic E-state index is 12.7. The summed E-state index contributed by atoms with van der Waals surface area (Å²) in [5, 5.41) is 8.17. The first-order chi connectivity index (χ1) is 15.9. The van der Waals surface area contributed by atoms with Crippen molar-refractivity contribution in [1.82, 2.24) is 20.0 Å². The summed E-state index contributed by atoms with van der Waals surface area (Å²) in [4.78, 5) is 17.2. The molecule has 33 heavy (non-hydrogen) atoms. The van der Waals surface area contributed by atoms with E-state index >= 15 is 0 Å². The summed E-state index contributed by atoms with van der Waals surface area (Å²) in [6.45, 7) is 10.2. The van der Waals surface area contributed by atoms with Gasteiger partial charge in [0.15, 0.2) is 5.69 Å². The van der Waals surface area contributed by atoms with Crippen LogP contribution in [0.2, 0.25) is 0 Å². The van der Waals surface area contributed by atoms with Crippen molar-refractivity contribution in [2.45, 2.75) is 41.2 Å². The first-order valence-corrected chi connectivity index (χ1v) is 10.7. The van der Waals surface area contributed by atoms with Gasteiger partial charge in [-0.25, -0.2) is 14.5 Å². The molecule has 0 saturated heterocycles. The van der Waals surface area contributed by atoms with Crippen LogP contribution in [0.5, 0.6) is 5.75 Å². The maximum Gasteiger partial charge on any atom is 0.361 e. The minimum absolute atomic E-state index is 0.0267. The summed E-state index contributed by atoms with van der Waals surface area (Å²) in [6.07, 6.45) is 0. The van der Waals surface area contributed by atoms with E-state index in [2.05, 4.69) is 15.3 Å². The summed E-state index contributed by atoms with van der Waals surface area (Å²) < 4.78 is 18.3. The molecule has 170 valence electrons. The number of benzene rings is 2. The molecule has 0 spiro atoms. The minimum Gasteiger partial charge on any atom is -0.494 e.